The van der Waals surface area contributed by atoms with Crippen molar-refractivity contribution in [1.82, 2.24) is 9.88 Å². The molecule has 0 unspecified atom stereocenters. The summed E-state index contributed by atoms with van der Waals surface area (Å²) in [7, 11) is 0. The second kappa shape index (κ2) is 5.59. The summed E-state index contributed by atoms with van der Waals surface area (Å²) >= 11 is 6.27. The molecule has 25 heavy (non-hydrogen) atoms. The molecule has 2 heterocycles. The normalized spacial score (nSPS) is 28.6. The maximum atomic E-state index is 13.1. The lowest BCUT2D eigenvalue weighted by Crippen LogP contribution is -2.35. The summed E-state index contributed by atoms with van der Waals surface area (Å²) in [5.41, 5.74) is 3.49. The number of aromatic nitrogens is 1. The number of pyridine rings is 1. The number of para-hydroxylation sites is 1. The van der Waals surface area contributed by atoms with E-state index in [2.05, 4.69) is 30.7 Å². The fourth-order valence-corrected chi connectivity index (χ4v) is 5.81. The van der Waals surface area contributed by atoms with Gasteiger partial charge in [-0.3, -0.25) is 9.69 Å². The standard InChI is InChI=1S/C21H27ClN2O/c1-13-16(19(25)15-6-5-7-17(22)18(15)23-13)10-24-12-21(4)9-14(24)8-20(2,3)11-21/h5-7,14H,8-12H2,1-4H3,(H,23,25)/t14-,21+/m1/s1. The Morgan fingerprint density at radius 2 is 2.04 bits per heavy atom. The summed E-state index contributed by atoms with van der Waals surface area (Å²) < 4.78 is 0. The van der Waals surface area contributed by atoms with Gasteiger partial charge in [0.05, 0.1) is 10.5 Å². The third-order valence-electron chi connectivity index (χ3n) is 6.18. The molecule has 1 saturated heterocycles. The molecule has 2 fully saturated rings. The van der Waals surface area contributed by atoms with Crippen molar-refractivity contribution in [3.8, 4) is 0 Å². The maximum Gasteiger partial charge on any atom is 0.194 e. The molecule has 1 N–H and O–H groups in total. The fraction of sp³-hybridized carbons (Fsp3) is 0.571. The number of likely N-dealkylation sites (tertiary alicyclic amines) is 1. The van der Waals surface area contributed by atoms with Crippen LogP contribution in [0.15, 0.2) is 23.0 Å². The molecule has 134 valence electrons. The smallest absolute Gasteiger partial charge is 0.194 e. The molecule has 2 aliphatic rings. The summed E-state index contributed by atoms with van der Waals surface area (Å²) in [5.74, 6) is 0. The third-order valence-corrected chi connectivity index (χ3v) is 6.50. The number of benzene rings is 1. The second-order valence-electron chi connectivity index (χ2n) is 9.34. The van der Waals surface area contributed by atoms with Crippen LogP contribution in [0.5, 0.6) is 0 Å². The minimum atomic E-state index is 0.125. The zero-order valence-electron chi connectivity index (χ0n) is 15.6. The van der Waals surface area contributed by atoms with Crippen LogP contribution in [0.4, 0.5) is 0 Å². The first-order valence-electron chi connectivity index (χ1n) is 9.22. The molecule has 1 saturated carbocycles. The quantitative estimate of drug-likeness (QED) is 0.829. The van der Waals surface area contributed by atoms with Crippen LogP contribution in [0, 0.1) is 17.8 Å². The first-order valence-corrected chi connectivity index (χ1v) is 9.59. The highest BCUT2D eigenvalue weighted by molar-refractivity contribution is 6.35. The predicted molar refractivity (Wildman–Crippen MR) is 104 cm³/mol. The molecule has 2 bridgehead atoms. The van der Waals surface area contributed by atoms with Crippen LogP contribution in [-0.4, -0.2) is 22.5 Å². The maximum absolute atomic E-state index is 13.1. The van der Waals surface area contributed by atoms with Gasteiger partial charge in [0.1, 0.15) is 0 Å². The number of nitrogens with one attached hydrogen (secondary N) is 1. The number of hydrogen-bond acceptors (Lipinski definition) is 2. The lowest BCUT2D eigenvalue weighted by molar-refractivity contribution is 0.126. The van der Waals surface area contributed by atoms with Crippen LogP contribution in [0.3, 0.4) is 0 Å². The average molecular weight is 359 g/mol. The van der Waals surface area contributed by atoms with E-state index in [1.54, 1.807) is 0 Å². The molecule has 4 rings (SSSR count). The first kappa shape index (κ1) is 17.1. The van der Waals surface area contributed by atoms with Gasteiger partial charge < -0.3 is 4.98 Å². The van der Waals surface area contributed by atoms with Gasteiger partial charge in [-0.25, -0.2) is 0 Å². The van der Waals surface area contributed by atoms with Crippen LogP contribution in [0.1, 0.15) is 51.3 Å². The number of H-pyrrole nitrogens is 1. The Hall–Kier alpha value is -1.32. The molecule has 0 amide bonds. The van der Waals surface area contributed by atoms with Crippen molar-refractivity contribution in [2.75, 3.05) is 6.54 Å². The molecule has 3 nitrogen and oxygen atoms in total. The summed E-state index contributed by atoms with van der Waals surface area (Å²) in [4.78, 5) is 19.0. The monoisotopic (exact) mass is 358 g/mol. The van der Waals surface area contributed by atoms with Gasteiger partial charge in [-0.15, -0.1) is 0 Å². The van der Waals surface area contributed by atoms with Crippen LogP contribution >= 0.6 is 11.6 Å². The zero-order chi connectivity index (χ0) is 18.0. The number of halogens is 1. The highest BCUT2D eigenvalue weighted by Gasteiger charge is 2.49. The number of fused-ring (bicyclic) bond motifs is 3. The van der Waals surface area contributed by atoms with Gasteiger partial charge in [-0.2, -0.15) is 0 Å². The van der Waals surface area contributed by atoms with E-state index >= 15 is 0 Å². The van der Waals surface area contributed by atoms with Gasteiger partial charge in [0.25, 0.3) is 0 Å². The van der Waals surface area contributed by atoms with Gasteiger partial charge in [-0.05, 0) is 49.1 Å². The van der Waals surface area contributed by atoms with Gasteiger partial charge in [0, 0.05) is 35.8 Å². The molecule has 1 aromatic carbocycles. The molecular formula is C21H27ClN2O. The van der Waals surface area contributed by atoms with E-state index < -0.39 is 0 Å². The lowest BCUT2D eigenvalue weighted by atomic mass is 9.65. The number of nitrogens with zero attached hydrogens (tertiary/aromatic N) is 1. The lowest BCUT2D eigenvalue weighted by Gasteiger charge is -2.40. The Bertz CT molecular complexity index is 901. The Labute approximate surface area is 154 Å². The van der Waals surface area contributed by atoms with E-state index in [1.807, 2.05) is 25.1 Å². The highest BCUT2D eigenvalue weighted by Crippen LogP contribution is 2.52. The molecule has 0 spiro atoms. The zero-order valence-corrected chi connectivity index (χ0v) is 16.3. The highest BCUT2D eigenvalue weighted by atomic mass is 35.5. The van der Waals surface area contributed by atoms with E-state index in [9.17, 15) is 4.79 Å². The largest absolute Gasteiger partial charge is 0.357 e. The number of hydrogen-bond donors (Lipinski definition) is 1. The third kappa shape index (κ3) is 2.92. The van der Waals surface area contributed by atoms with Crippen LogP contribution in [0.25, 0.3) is 10.9 Å². The number of aromatic amines is 1. The molecule has 1 aliphatic carbocycles. The van der Waals surface area contributed by atoms with Gasteiger partial charge >= 0.3 is 0 Å². The van der Waals surface area contributed by atoms with Crippen molar-refractivity contribution in [2.45, 2.75) is 59.5 Å². The fourth-order valence-electron chi connectivity index (χ4n) is 5.59. The van der Waals surface area contributed by atoms with Gasteiger partial charge in [0.2, 0.25) is 0 Å². The molecule has 1 aliphatic heterocycles. The van der Waals surface area contributed by atoms with Crippen molar-refractivity contribution in [3.05, 3.63) is 44.7 Å². The minimum Gasteiger partial charge on any atom is -0.357 e. The second-order valence-corrected chi connectivity index (χ2v) is 9.75. The van der Waals surface area contributed by atoms with Crippen molar-refractivity contribution < 1.29 is 0 Å². The predicted octanol–water partition coefficient (Wildman–Crippen LogP) is 4.89. The van der Waals surface area contributed by atoms with Crippen LogP contribution in [0.2, 0.25) is 5.02 Å². The number of rotatable bonds is 2. The summed E-state index contributed by atoms with van der Waals surface area (Å²) in [6.45, 7) is 11.0. The Balaban J connectivity index is 1.72. The summed E-state index contributed by atoms with van der Waals surface area (Å²) in [6.07, 6.45) is 3.75. The molecule has 2 atom stereocenters. The van der Waals surface area contributed by atoms with Crippen LogP contribution < -0.4 is 5.43 Å². The topological polar surface area (TPSA) is 36.1 Å². The molecule has 0 radical (unpaired) electrons. The first-order chi connectivity index (χ1) is 11.7. The van der Waals surface area contributed by atoms with Crippen molar-refractivity contribution in [1.29, 1.82) is 0 Å². The molecule has 4 heteroatoms. The summed E-state index contributed by atoms with van der Waals surface area (Å²) in [6, 6.07) is 6.13. The Kier molecular flexibility index (Phi) is 3.82. The van der Waals surface area contributed by atoms with Crippen molar-refractivity contribution >= 4 is 22.5 Å². The van der Waals surface area contributed by atoms with E-state index in [-0.39, 0.29) is 5.43 Å². The van der Waals surface area contributed by atoms with Gasteiger partial charge in [0.15, 0.2) is 5.43 Å². The van der Waals surface area contributed by atoms with Crippen molar-refractivity contribution in [3.63, 3.8) is 0 Å². The summed E-state index contributed by atoms with van der Waals surface area (Å²) in [5, 5.41) is 1.30. The Morgan fingerprint density at radius 1 is 1.28 bits per heavy atom. The van der Waals surface area contributed by atoms with Gasteiger partial charge in [-0.1, -0.05) is 38.4 Å². The van der Waals surface area contributed by atoms with E-state index in [0.717, 1.165) is 29.9 Å². The molecule has 1 aromatic heterocycles. The van der Waals surface area contributed by atoms with E-state index in [0.29, 0.717) is 27.3 Å². The van der Waals surface area contributed by atoms with E-state index in [4.69, 9.17) is 11.6 Å². The number of aryl methyl sites for hydroxylation is 1. The SMILES string of the molecule is Cc1[nH]c2c(Cl)cccc2c(=O)c1CN1C[C@@]2(C)C[C@H]1CC(C)(C)C2. The minimum absolute atomic E-state index is 0.125. The molecule has 2 aromatic rings. The van der Waals surface area contributed by atoms with Crippen LogP contribution in [-0.2, 0) is 6.54 Å². The van der Waals surface area contributed by atoms with E-state index in [1.165, 1.54) is 19.3 Å². The average Bonchev–Trinajstić information content (AvgIpc) is 2.73. The molecular weight excluding hydrogens is 332 g/mol. The van der Waals surface area contributed by atoms with Crippen molar-refractivity contribution in [2.24, 2.45) is 10.8 Å². The Morgan fingerprint density at radius 3 is 2.80 bits per heavy atom.